The number of ether oxygens (including phenoxy) is 1. The van der Waals surface area contributed by atoms with Gasteiger partial charge in [-0.1, -0.05) is 20.8 Å². The summed E-state index contributed by atoms with van der Waals surface area (Å²) in [6, 6.07) is 0. The highest BCUT2D eigenvalue weighted by Gasteiger charge is 2.39. The van der Waals surface area contributed by atoms with Crippen LogP contribution < -0.4 is 0 Å². The molecule has 0 saturated heterocycles. The molecule has 1 rings (SSSR count). The predicted octanol–water partition coefficient (Wildman–Crippen LogP) is 2.85. The summed E-state index contributed by atoms with van der Waals surface area (Å²) in [5, 5.41) is 0. The second-order valence-corrected chi connectivity index (χ2v) is 4.58. The topological polar surface area (TPSA) is 9.23 Å². The molecule has 0 unspecified atom stereocenters. The minimum Gasteiger partial charge on any atom is -0.378 e. The number of hydrogen-bond acceptors (Lipinski definition) is 1. The van der Waals surface area contributed by atoms with Gasteiger partial charge in [0.15, 0.2) is 0 Å². The van der Waals surface area contributed by atoms with Crippen LogP contribution >= 0.6 is 0 Å². The Kier molecular flexibility index (Phi) is 2.58. The van der Waals surface area contributed by atoms with Gasteiger partial charge in [-0.25, -0.2) is 0 Å². The van der Waals surface area contributed by atoms with Gasteiger partial charge in [0.2, 0.25) is 0 Å². The van der Waals surface area contributed by atoms with Crippen molar-refractivity contribution in [1.82, 2.24) is 0 Å². The summed E-state index contributed by atoms with van der Waals surface area (Å²) in [5.74, 6) is 0.856. The summed E-state index contributed by atoms with van der Waals surface area (Å²) >= 11 is 0. The molecule has 1 aliphatic carbocycles. The lowest BCUT2D eigenvalue weighted by Crippen LogP contribution is -2.31. The average Bonchev–Trinajstić information content (AvgIpc) is 2.61. The Morgan fingerprint density at radius 1 is 1.36 bits per heavy atom. The van der Waals surface area contributed by atoms with Crippen molar-refractivity contribution in [2.45, 2.75) is 46.6 Å². The summed E-state index contributed by atoms with van der Waals surface area (Å²) in [6.45, 7) is 9.75. The zero-order chi connectivity index (χ0) is 8.48. The maximum atomic E-state index is 5.73. The molecule has 66 valence electrons. The Hall–Kier alpha value is -0.0400. The predicted molar refractivity (Wildman–Crippen MR) is 47.6 cm³/mol. The van der Waals surface area contributed by atoms with Gasteiger partial charge in [0.25, 0.3) is 0 Å². The third-order valence-electron chi connectivity index (χ3n) is 2.25. The van der Waals surface area contributed by atoms with Gasteiger partial charge in [0, 0.05) is 6.61 Å². The molecule has 0 spiro atoms. The highest BCUT2D eigenvalue weighted by atomic mass is 16.5. The molecular weight excluding hydrogens is 136 g/mol. The van der Waals surface area contributed by atoms with Gasteiger partial charge in [-0.15, -0.1) is 0 Å². The van der Waals surface area contributed by atoms with Crippen LogP contribution in [-0.2, 0) is 4.74 Å². The lowest BCUT2D eigenvalue weighted by Gasteiger charge is -2.30. The van der Waals surface area contributed by atoms with Gasteiger partial charge in [0.05, 0.1) is 6.10 Å². The summed E-state index contributed by atoms with van der Waals surface area (Å²) in [4.78, 5) is 0. The molecule has 1 saturated carbocycles. The van der Waals surface area contributed by atoms with Crippen LogP contribution in [0.25, 0.3) is 0 Å². The monoisotopic (exact) mass is 156 g/mol. The Balaban J connectivity index is 2.44. The fraction of sp³-hybridized carbons (Fsp3) is 1.00. The first-order valence-corrected chi connectivity index (χ1v) is 4.67. The molecule has 0 amide bonds. The van der Waals surface area contributed by atoms with Crippen LogP contribution in [0.15, 0.2) is 0 Å². The quantitative estimate of drug-likeness (QED) is 0.610. The van der Waals surface area contributed by atoms with E-state index in [4.69, 9.17) is 4.74 Å². The first kappa shape index (κ1) is 9.05. The Morgan fingerprint density at radius 3 is 2.18 bits per heavy atom. The molecule has 1 nitrogen and oxygen atoms in total. The largest absolute Gasteiger partial charge is 0.378 e. The Labute approximate surface area is 70.1 Å². The molecule has 0 heterocycles. The van der Waals surface area contributed by atoms with E-state index in [1.807, 2.05) is 0 Å². The van der Waals surface area contributed by atoms with E-state index < -0.39 is 0 Å². The molecule has 0 aromatic rings. The van der Waals surface area contributed by atoms with Gasteiger partial charge < -0.3 is 4.74 Å². The number of rotatable bonds is 3. The zero-order valence-corrected chi connectivity index (χ0v) is 8.18. The van der Waals surface area contributed by atoms with Crippen molar-refractivity contribution in [2.24, 2.45) is 11.3 Å². The summed E-state index contributed by atoms with van der Waals surface area (Å²) in [7, 11) is 0. The molecule has 0 bridgehead atoms. The molecule has 0 aliphatic heterocycles. The molecule has 0 N–H and O–H groups in total. The molecular formula is C10H20O. The van der Waals surface area contributed by atoms with Crippen molar-refractivity contribution < 1.29 is 4.74 Å². The normalized spacial score (nSPS) is 21.8. The lowest BCUT2D eigenvalue weighted by atomic mass is 9.86. The standard InChI is InChI=1S/C10H20O/c1-5-11-9(8-6-7-8)10(2,3)4/h8-9H,5-7H2,1-4H3/t9-/m0/s1. The van der Waals surface area contributed by atoms with Crippen LogP contribution in [0.4, 0.5) is 0 Å². The number of hydrogen-bond donors (Lipinski definition) is 0. The van der Waals surface area contributed by atoms with E-state index in [0.717, 1.165) is 12.5 Å². The van der Waals surface area contributed by atoms with Gasteiger partial charge in [-0.05, 0) is 31.1 Å². The Bertz CT molecular complexity index is 119. The van der Waals surface area contributed by atoms with Crippen LogP contribution in [0.3, 0.4) is 0 Å². The van der Waals surface area contributed by atoms with Crippen molar-refractivity contribution in [3.05, 3.63) is 0 Å². The second kappa shape index (κ2) is 3.14. The maximum absolute atomic E-state index is 5.73. The van der Waals surface area contributed by atoms with Crippen LogP contribution in [-0.4, -0.2) is 12.7 Å². The van der Waals surface area contributed by atoms with Crippen LogP contribution in [0, 0.1) is 11.3 Å². The van der Waals surface area contributed by atoms with Gasteiger partial charge in [-0.3, -0.25) is 0 Å². The minimum atomic E-state index is 0.331. The van der Waals surface area contributed by atoms with Gasteiger partial charge in [-0.2, -0.15) is 0 Å². The summed E-state index contributed by atoms with van der Waals surface area (Å²) < 4.78 is 5.73. The second-order valence-electron chi connectivity index (χ2n) is 4.58. The fourth-order valence-corrected chi connectivity index (χ4v) is 1.67. The Morgan fingerprint density at radius 2 is 1.91 bits per heavy atom. The van der Waals surface area contributed by atoms with E-state index in [2.05, 4.69) is 27.7 Å². The molecule has 1 heteroatoms. The van der Waals surface area contributed by atoms with Crippen molar-refractivity contribution in [3.63, 3.8) is 0 Å². The molecule has 0 aromatic heterocycles. The minimum absolute atomic E-state index is 0.331. The molecule has 1 aliphatic rings. The third kappa shape index (κ3) is 2.48. The molecule has 1 atom stereocenters. The molecule has 1 fully saturated rings. The first-order chi connectivity index (χ1) is 5.05. The molecule has 0 aromatic carbocycles. The van der Waals surface area contributed by atoms with Crippen LogP contribution in [0.5, 0.6) is 0 Å². The molecule has 11 heavy (non-hydrogen) atoms. The van der Waals surface area contributed by atoms with E-state index in [1.165, 1.54) is 12.8 Å². The summed E-state index contributed by atoms with van der Waals surface area (Å²) in [6.07, 6.45) is 3.25. The maximum Gasteiger partial charge on any atom is 0.0651 e. The smallest absolute Gasteiger partial charge is 0.0651 e. The molecule has 0 radical (unpaired) electrons. The fourth-order valence-electron chi connectivity index (χ4n) is 1.67. The van der Waals surface area contributed by atoms with Crippen molar-refractivity contribution in [1.29, 1.82) is 0 Å². The highest BCUT2D eigenvalue weighted by molar-refractivity contribution is 4.89. The van der Waals surface area contributed by atoms with Crippen molar-refractivity contribution >= 4 is 0 Å². The lowest BCUT2D eigenvalue weighted by molar-refractivity contribution is -0.0257. The van der Waals surface area contributed by atoms with Crippen molar-refractivity contribution in [3.8, 4) is 0 Å². The van der Waals surface area contributed by atoms with E-state index in [1.54, 1.807) is 0 Å². The van der Waals surface area contributed by atoms with E-state index >= 15 is 0 Å². The van der Waals surface area contributed by atoms with Crippen LogP contribution in [0.1, 0.15) is 40.5 Å². The van der Waals surface area contributed by atoms with Crippen LogP contribution in [0.2, 0.25) is 0 Å². The van der Waals surface area contributed by atoms with E-state index in [-0.39, 0.29) is 0 Å². The highest BCUT2D eigenvalue weighted by Crippen LogP contribution is 2.42. The van der Waals surface area contributed by atoms with Gasteiger partial charge in [0.1, 0.15) is 0 Å². The zero-order valence-electron chi connectivity index (χ0n) is 8.18. The van der Waals surface area contributed by atoms with Gasteiger partial charge >= 0.3 is 0 Å². The van der Waals surface area contributed by atoms with E-state index in [9.17, 15) is 0 Å². The summed E-state index contributed by atoms with van der Waals surface area (Å²) in [5.41, 5.74) is 0.331. The third-order valence-corrected chi connectivity index (χ3v) is 2.25. The first-order valence-electron chi connectivity index (χ1n) is 4.67. The van der Waals surface area contributed by atoms with Crippen molar-refractivity contribution in [2.75, 3.05) is 6.61 Å². The van der Waals surface area contributed by atoms with E-state index in [0.29, 0.717) is 11.5 Å². The average molecular weight is 156 g/mol. The SMILES string of the molecule is CCO[C@@H](C1CC1)C(C)(C)C.